The van der Waals surface area contributed by atoms with Crippen LogP contribution in [0.4, 0.5) is 0 Å². The Kier molecular flexibility index (Phi) is 8.86. The molecular weight excluding hydrogens is 468 g/mol. The number of aromatic nitrogens is 2. The van der Waals surface area contributed by atoms with Gasteiger partial charge in [-0.25, -0.2) is 0 Å². The lowest BCUT2D eigenvalue weighted by atomic mass is 9.87. The molecule has 1 N–H and O–H groups in total. The number of carbonyl (C=O) groups is 1. The van der Waals surface area contributed by atoms with Gasteiger partial charge in [-0.3, -0.25) is 9.69 Å². The summed E-state index contributed by atoms with van der Waals surface area (Å²) in [6.45, 7) is 11.8. The average Bonchev–Trinajstić information content (AvgIpc) is 3.33. The number of piperidine rings is 1. The van der Waals surface area contributed by atoms with E-state index in [0.29, 0.717) is 18.3 Å². The Bertz CT molecular complexity index is 1130. The molecule has 36 heavy (non-hydrogen) atoms. The third-order valence-electron chi connectivity index (χ3n) is 6.86. The van der Waals surface area contributed by atoms with E-state index in [4.69, 9.17) is 4.52 Å². The number of likely N-dealkylation sites (tertiary alicyclic amines) is 1. The number of aryl methyl sites for hydroxylation is 1. The van der Waals surface area contributed by atoms with Crippen LogP contribution in [0.25, 0.3) is 11.4 Å². The number of benzene rings is 2. The second-order valence-corrected chi connectivity index (χ2v) is 11.8. The van der Waals surface area contributed by atoms with Crippen LogP contribution >= 0.6 is 11.8 Å². The highest BCUT2D eigenvalue weighted by molar-refractivity contribution is 7.98. The Morgan fingerprint density at radius 1 is 1.11 bits per heavy atom. The lowest BCUT2D eigenvalue weighted by Gasteiger charge is -2.30. The monoisotopic (exact) mass is 506 g/mol. The summed E-state index contributed by atoms with van der Waals surface area (Å²) in [7, 11) is 0. The maximum absolute atomic E-state index is 12.6. The van der Waals surface area contributed by atoms with E-state index in [9.17, 15) is 4.79 Å². The number of hydrogen-bond acceptors (Lipinski definition) is 6. The van der Waals surface area contributed by atoms with Crippen LogP contribution in [0.15, 0.2) is 53.1 Å². The van der Waals surface area contributed by atoms with Crippen molar-refractivity contribution in [3.63, 3.8) is 0 Å². The molecule has 1 aliphatic rings. The Hall–Kier alpha value is -2.64. The first-order chi connectivity index (χ1) is 17.3. The molecule has 192 valence electrons. The predicted octanol–water partition coefficient (Wildman–Crippen LogP) is 5.60. The van der Waals surface area contributed by atoms with Crippen molar-refractivity contribution in [3.8, 4) is 11.4 Å². The van der Waals surface area contributed by atoms with Crippen molar-refractivity contribution in [1.82, 2.24) is 20.4 Å². The Balaban J connectivity index is 1.16. The average molecular weight is 507 g/mol. The van der Waals surface area contributed by atoms with E-state index in [2.05, 4.69) is 96.6 Å². The summed E-state index contributed by atoms with van der Waals surface area (Å²) in [6.07, 6.45) is 1.72. The number of rotatable bonds is 9. The van der Waals surface area contributed by atoms with Crippen LogP contribution in [0.1, 0.15) is 56.2 Å². The van der Waals surface area contributed by atoms with Gasteiger partial charge >= 0.3 is 0 Å². The maximum atomic E-state index is 12.6. The smallest absolute Gasteiger partial charge is 0.241 e. The Morgan fingerprint density at radius 3 is 2.53 bits per heavy atom. The molecule has 1 aliphatic heterocycles. The first-order valence-corrected chi connectivity index (χ1v) is 14.0. The second kappa shape index (κ2) is 12.1. The molecule has 1 saturated heterocycles. The zero-order chi connectivity index (χ0) is 25.5. The van der Waals surface area contributed by atoms with Gasteiger partial charge in [-0.2, -0.15) is 16.7 Å². The molecular formula is C29H38N4O2S. The Labute approximate surface area is 219 Å². The van der Waals surface area contributed by atoms with Gasteiger partial charge in [-0.05, 0) is 55.0 Å². The highest BCUT2D eigenvalue weighted by Gasteiger charge is 2.26. The quantitative estimate of drug-likeness (QED) is 0.381. The molecule has 1 fully saturated rings. The SMILES string of the molecule is Cc1ccccc1CSCCNC(=O)C1CCN(Cc2nc(-c3ccc(C(C)(C)C)cc3)no2)CC1. The van der Waals surface area contributed by atoms with E-state index in [0.717, 1.165) is 49.5 Å². The van der Waals surface area contributed by atoms with E-state index >= 15 is 0 Å². The first-order valence-electron chi connectivity index (χ1n) is 12.9. The summed E-state index contributed by atoms with van der Waals surface area (Å²) >= 11 is 1.87. The number of amides is 1. The minimum atomic E-state index is 0.0854. The van der Waals surface area contributed by atoms with Gasteiger partial charge in [0.25, 0.3) is 0 Å². The molecule has 7 heteroatoms. The molecule has 3 aromatic rings. The zero-order valence-corrected chi connectivity index (χ0v) is 22.7. The molecule has 0 saturated carbocycles. The number of thioether (sulfide) groups is 1. The topological polar surface area (TPSA) is 71.3 Å². The van der Waals surface area contributed by atoms with Crippen molar-refractivity contribution in [3.05, 3.63) is 71.1 Å². The highest BCUT2D eigenvalue weighted by atomic mass is 32.2. The summed E-state index contributed by atoms with van der Waals surface area (Å²) < 4.78 is 5.52. The molecule has 0 atom stereocenters. The second-order valence-electron chi connectivity index (χ2n) is 10.7. The fraction of sp³-hybridized carbons (Fsp3) is 0.483. The van der Waals surface area contributed by atoms with Crippen molar-refractivity contribution in [1.29, 1.82) is 0 Å². The lowest BCUT2D eigenvalue weighted by molar-refractivity contribution is -0.126. The minimum absolute atomic E-state index is 0.0854. The van der Waals surface area contributed by atoms with E-state index in [-0.39, 0.29) is 17.2 Å². The standard InChI is InChI=1S/C29H38N4O2S/c1-21-7-5-6-8-24(21)20-36-18-15-30-28(34)23-13-16-33(17-14-23)19-26-31-27(32-35-26)22-9-11-25(12-10-22)29(2,3)4/h5-12,23H,13-20H2,1-4H3,(H,30,34). The molecule has 0 bridgehead atoms. The third kappa shape index (κ3) is 7.20. The van der Waals surface area contributed by atoms with Gasteiger partial charge in [-0.15, -0.1) is 0 Å². The largest absolute Gasteiger partial charge is 0.355 e. The number of hydrogen-bond donors (Lipinski definition) is 1. The van der Waals surface area contributed by atoms with Gasteiger partial charge in [0.05, 0.1) is 6.54 Å². The van der Waals surface area contributed by atoms with Crippen LogP contribution in [-0.4, -0.2) is 46.3 Å². The van der Waals surface area contributed by atoms with Gasteiger partial charge in [0.15, 0.2) is 0 Å². The summed E-state index contributed by atoms with van der Waals surface area (Å²) in [5.41, 5.74) is 5.05. The molecule has 0 spiro atoms. The zero-order valence-electron chi connectivity index (χ0n) is 21.9. The van der Waals surface area contributed by atoms with Crippen LogP contribution in [0, 0.1) is 12.8 Å². The molecule has 0 radical (unpaired) electrons. The van der Waals surface area contributed by atoms with Crippen molar-refractivity contribution in [2.45, 2.75) is 58.2 Å². The van der Waals surface area contributed by atoms with Crippen LogP contribution in [-0.2, 0) is 22.5 Å². The predicted molar refractivity (Wildman–Crippen MR) is 147 cm³/mol. The van der Waals surface area contributed by atoms with Gasteiger partial charge in [0.2, 0.25) is 17.6 Å². The fourth-order valence-electron chi connectivity index (χ4n) is 4.45. The fourth-order valence-corrected chi connectivity index (χ4v) is 5.38. The molecule has 0 aliphatic carbocycles. The van der Waals surface area contributed by atoms with E-state index in [1.165, 1.54) is 16.7 Å². The van der Waals surface area contributed by atoms with Gasteiger partial charge in [-0.1, -0.05) is 74.5 Å². The summed E-state index contributed by atoms with van der Waals surface area (Å²) in [5, 5.41) is 7.31. The van der Waals surface area contributed by atoms with Crippen LogP contribution in [0.2, 0.25) is 0 Å². The minimum Gasteiger partial charge on any atom is -0.355 e. The van der Waals surface area contributed by atoms with Crippen molar-refractivity contribution in [2.24, 2.45) is 5.92 Å². The van der Waals surface area contributed by atoms with Crippen molar-refractivity contribution >= 4 is 17.7 Å². The van der Waals surface area contributed by atoms with E-state index in [1.54, 1.807) is 0 Å². The van der Waals surface area contributed by atoms with Crippen molar-refractivity contribution in [2.75, 3.05) is 25.4 Å². The Morgan fingerprint density at radius 2 is 1.83 bits per heavy atom. The number of nitrogens with one attached hydrogen (secondary N) is 1. The number of carbonyl (C=O) groups excluding carboxylic acids is 1. The maximum Gasteiger partial charge on any atom is 0.241 e. The summed E-state index contributed by atoms with van der Waals surface area (Å²) in [5.74, 6) is 3.43. The van der Waals surface area contributed by atoms with Gasteiger partial charge in [0, 0.05) is 29.5 Å². The van der Waals surface area contributed by atoms with Crippen LogP contribution < -0.4 is 5.32 Å². The number of nitrogens with zero attached hydrogens (tertiary/aromatic N) is 3. The van der Waals surface area contributed by atoms with E-state index < -0.39 is 0 Å². The van der Waals surface area contributed by atoms with Crippen LogP contribution in [0.3, 0.4) is 0 Å². The van der Waals surface area contributed by atoms with Gasteiger partial charge in [0.1, 0.15) is 0 Å². The summed E-state index contributed by atoms with van der Waals surface area (Å²) in [4.78, 5) is 19.5. The summed E-state index contributed by atoms with van der Waals surface area (Å²) in [6, 6.07) is 16.8. The third-order valence-corrected chi connectivity index (χ3v) is 7.87. The van der Waals surface area contributed by atoms with Gasteiger partial charge < -0.3 is 9.84 Å². The molecule has 2 heterocycles. The molecule has 1 aromatic heterocycles. The molecule has 4 rings (SSSR count). The van der Waals surface area contributed by atoms with Crippen molar-refractivity contribution < 1.29 is 9.32 Å². The lowest BCUT2D eigenvalue weighted by Crippen LogP contribution is -2.40. The molecule has 1 amide bonds. The molecule has 2 aromatic carbocycles. The highest BCUT2D eigenvalue weighted by Crippen LogP contribution is 2.25. The molecule has 6 nitrogen and oxygen atoms in total. The van der Waals surface area contributed by atoms with Crippen LogP contribution in [0.5, 0.6) is 0 Å². The normalized spacial score (nSPS) is 15.2. The van der Waals surface area contributed by atoms with E-state index in [1.807, 2.05) is 11.8 Å². The first kappa shape index (κ1) is 26.4. The molecule has 0 unspecified atom stereocenters.